The van der Waals surface area contributed by atoms with Crippen LogP contribution in [0.1, 0.15) is 23.1 Å². The van der Waals surface area contributed by atoms with Crippen LogP contribution in [0.25, 0.3) is 5.65 Å². The van der Waals surface area contributed by atoms with Gasteiger partial charge in [0.15, 0.2) is 0 Å². The van der Waals surface area contributed by atoms with Crippen LogP contribution >= 0.6 is 11.6 Å². The molecule has 5 heteroatoms. The first kappa shape index (κ1) is 11.0. The van der Waals surface area contributed by atoms with Gasteiger partial charge in [0.2, 0.25) is 0 Å². The van der Waals surface area contributed by atoms with Crippen molar-refractivity contribution in [3.8, 4) is 0 Å². The average molecular weight is 238 g/mol. The molecule has 0 fully saturated rings. The Morgan fingerprint density at radius 1 is 1.62 bits per heavy atom. The van der Waals surface area contributed by atoms with Crippen molar-refractivity contribution in [2.75, 3.05) is 6.54 Å². The molecule has 0 saturated carbocycles. The molecule has 0 aromatic carbocycles. The van der Waals surface area contributed by atoms with E-state index in [1.54, 1.807) is 22.7 Å². The smallest absolute Gasteiger partial charge is 0.270 e. The average Bonchev–Trinajstić information content (AvgIpc) is 2.53. The number of hydrogen-bond acceptors (Lipinski definition) is 2. The zero-order chi connectivity index (χ0) is 11.7. The van der Waals surface area contributed by atoms with E-state index in [1.807, 2.05) is 13.8 Å². The summed E-state index contributed by atoms with van der Waals surface area (Å²) in [5, 5.41) is 3.37. The second-order valence-electron chi connectivity index (χ2n) is 3.48. The lowest BCUT2D eigenvalue weighted by Crippen LogP contribution is -2.24. The van der Waals surface area contributed by atoms with E-state index in [1.165, 1.54) is 0 Å². The highest BCUT2D eigenvalue weighted by Gasteiger charge is 2.15. The van der Waals surface area contributed by atoms with E-state index >= 15 is 0 Å². The molecule has 1 amide bonds. The number of hydrogen-bond donors (Lipinski definition) is 1. The van der Waals surface area contributed by atoms with Crippen molar-refractivity contribution in [3.63, 3.8) is 0 Å². The molecular weight excluding hydrogens is 226 g/mol. The molecule has 2 rings (SSSR count). The third-order valence-corrected chi connectivity index (χ3v) is 2.55. The van der Waals surface area contributed by atoms with Crippen molar-refractivity contribution in [3.05, 3.63) is 34.7 Å². The number of carbonyl (C=O) groups is 1. The molecule has 84 valence electrons. The molecule has 0 saturated heterocycles. The summed E-state index contributed by atoms with van der Waals surface area (Å²) >= 11 is 5.87. The van der Waals surface area contributed by atoms with Gasteiger partial charge in [0.25, 0.3) is 5.91 Å². The van der Waals surface area contributed by atoms with E-state index in [9.17, 15) is 4.79 Å². The number of nitrogens with one attached hydrogen (secondary N) is 1. The molecule has 0 unspecified atom stereocenters. The minimum Gasteiger partial charge on any atom is -0.351 e. The Morgan fingerprint density at radius 2 is 2.38 bits per heavy atom. The van der Waals surface area contributed by atoms with Gasteiger partial charge in [-0.05, 0) is 19.9 Å². The van der Waals surface area contributed by atoms with Gasteiger partial charge in [-0.1, -0.05) is 11.6 Å². The normalized spacial score (nSPS) is 10.7. The first-order valence-electron chi connectivity index (χ1n) is 5.06. The second-order valence-corrected chi connectivity index (χ2v) is 3.91. The first-order chi connectivity index (χ1) is 7.63. The molecule has 0 aliphatic rings. The number of rotatable bonds is 2. The minimum absolute atomic E-state index is 0.116. The highest BCUT2D eigenvalue weighted by atomic mass is 35.5. The summed E-state index contributed by atoms with van der Waals surface area (Å²) < 4.78 is 1.74. The summed E-state index contributed by atoms with van der Waals surface area (Å²) in [6, 6.07) is 3.47. The number of fused-ring (bicyclic) bond motifs is 1. The highest BCUT2D eigenvalue weighted by Crippen LogP contribution is 2.16. The standard InChI is InChI=1S/C11H12ClN3O/c1-3-13-11(16)10-7(2)14-9-6-8(12)4-5-15(9)10/h4-6H,3H2,1-2H3,(H,13,16). The van der Waals surface area contributed by atoms with E-state index in [-0.39, 0.29) is 5.91 Å². The van der Waals surface area contributed by atoms with E-state index in [4.69, 9.17) is 11.6 Å². The number of imidazole rings is 1. The molecule has 0 spiro atoms. The fraction of sp³-hybridized carbons (Fsp3) is 0.273. The quantitative estimate of drug-likeness (QED) is 0.869. The highest BCUT2D eigenvalue weighted by molar-refractivity contribution is 6.30. The summed E-state index contributed by atoms with van der Waals surface area (Å²) in [5.41, 5.74) is 1.95. The van der Waals surface area contributed by atoms with Crippen molar-refractivity contribution in [2.45, 2.75) is 13.8 Å². The van der Waals surface area contributed by atoms with Crippen molar-refractivity contribution in [1.82, 2.24) is 14.7 Å². The maximum absolute atomic E-state index is 11.8. The molecule has 0 bridgehead atoms. The fourth-order valence-corrected chi connectivity index (χ4v) is 1.81. The van der Waals surface area contributed by atoms with Crippen LogP contribution in [0.2, 0.25) is 5.02 Å². The lowest BCUT2D eigenvalue weighted by atomic mass is 10.3. The molecule has 0 aliphatic heterocycles. The Labute approximate surface area is 98.2 Å². The van der Waals surface area contributed by atoms with Crippen molar-refractivity contribution >= 4 is 23.2 Å². The zero-order valence-electron chi connectivity index (χ0n) is 9.12. The molecule has 0 aliphatic carbocycles. The van der Waals surface area contributed by atoms with E-state index in [0.717, 1.165) is 0 Å². The minimum atomic E-state index is -0.116. The predicted octanol–water partition coefficient (Wildman–Crippen LogP) is 2.05. The monoisotopic (exact) mass is 237 g/mol. The Bertz CT molecular complexity index is 547. The summed E-state index contributed by atoms with van der Waals surface area (Å²) in [6.07, 6.45) is 1.75. The van der Waals surface area contributed by atoms with Gasteiger partial charge >= 0.3 is 0 Å². The Hall–Kier alpha value is -1.55. The number of aromatic nitrogens is 2. The van der Waals surface area contributed by atoms with Crippen LogP contribution in [0.15, 0.2) is 18.3 Å². The summed E-state index contributed by atoms with van der Waals surface area (Å²) in [5.74, 6) is -0.116. The lowest BCUT2D eigenvalue weighted by molar-refractivity contribution is 0.0949. The topological polar surface area (TPSA) is 46.4 Å². The van der Waals surface area contributed by atoms with Gasteiger partial charge in [0.05, 0.1) is 5.69 Å². The summed E-state index contributed by atoms with van der Waals surface area (Å²) in [7, 11) is 0. The van der Waals surface area contributed by atoms with Crippen LogP contribution in [0.4, 0.5) is 0 Å². The number of nitrogens with zero attached hydrogens (tertiary/aromatic N) is 2. The largest absolute Gasteiger partial charge is 0.351 e. The third kappa shape index (κ3) is 1.76. The zero-order valence-corrected chi connectivity index (χ0v) is 9.88. The number of aryl methyl sites for hydroxylation is 1. The molecule has 0 radical (unpaired) electrons. The molecule has 16 heavy (non-hydrogen) atoms. The Kier molecular flexibility index (Phi) is 2.83. The molecule has 0 atom stereocenters. The first-order valence-corrected chi connectivity index (χ1v) is 5.43. The van der Waals surface area contributed by atoms with Crippen molar-refractivity contribution < 1.29 is 4.79 Å². The van der Waals surface area contributed by atoms with Crippen LogP contribution in [-0.4, -0.2) is 21.8 Å². The fourth-order valence-electron chi connectivity index (χ4n) is 1.66. The molecule has 2 aromatic heterocycles. The molecular formula is C11H12ClN3O. The van der Waals surface area contributed by atoms with Gasteiger partial charge in [-0.15, -0.1) is 0 Å². The number of carbonyl (C=O) groups excluding carboxylic acids is 1. The summed E-state index contributed by atoms with van der Waals surface area (Å²) in [6.45, 7) is 4.29. The Morgan fingerprint density at radius 3 is 3.06 bits per heavy atom. The Balaban J connectivity index is 2.60. The third-order valence-electron chi connectivity index (χ3n) is 2.31. The molecule has 4 nitrogen and oxygen atoms in total. The maximum Gasteiger partial charge on any atom is 0.270 e. The van der Waals surface area contributed by atoms with Crippen molar-refractivity contribution in [1.29, 1.82) is 0 Å². The van der Waals surface area contributed by atoms with Gasteiger partial charge in [-0.3, -0.25) is 9.20 Å². The second kappa shape index (κ2) is 4.14. The van der Waals surface area contributed by atoms with Gasteiger partial charge in [-0.2, -0.15) is 0 Å². The molecule has 1 N–H and O–H groups in total. The van der Waals surface area contributed by atoms with E-state index < -0.39 is 0 Å². The molecule has 2 aromatic rings. The van der Waals surface area contributed by atoms with Crippen LogP contribution in [0.5, 0.6) is 0 Å². The SMILES string of the molecule is CCNC(=O)c1c(C)nc2cc(Cl)ccn12. The van der Waals surface area contributed by atoms with Crippen molar-refractivity contribution in [2.24, 2.45) is 0 Å². The number of halogens is 1. The maximum atomic E-state index is 11.8. The number of amides is 1. The van der Waals surface area contributed by atoms with E-state index in [2.05, 4.69) is 10.3 Å². The van der Waals surface area contributed by atoms with Crippen LogP contribution in [0.3, 0.4) is 0 Å². The lowest BCUT2D eigenvalue weighted by Gasteiger charge is -2.03. The van der Waals surface area contributed by atoms with Gasteiger partial charge in [-0.25, -0.2) is 4.98 Å². The molecule has 2 heterocycles. The van der Waals surface area contributed by atoms with Gasteiger partial charge in [0, 0.05) is 23.8 Å². The van der Waals surface area contributed by atoms with Gasteiger partial charge < -0.3 is 5.32 Å². The summed E-state index contributed by atoms with van der Waals surface area (Å²) in [4.78, 5) is 16.1. The van der Waals surface area contributed by atoms with E-state index in [0.29, 0.717) is 28.6 Å². The van der Waals surface area contributed by atoms with Crippen LogP contribution in [0, 0.1) is 6.92 Å². The predicted molar refractivity (Wildman–Crippen MR) is 62.9 cm³/mol. The van der Waals surface area contributed by atoms with Crippen LogP contribution < -0.4 is 5.32 Å². The number of pyridine rings is 1. The van der Waals surface area contributed by atoms with Gasteiger partial charge in [0.1, 0.15) is 11.3 Å². The van der Waals surface area contributed by atoms with Crippen LogP contribution in [-0.2, 0) is 0 Å².